The summed E-state index contributed by atoms with van der Waals surface area (Å²) in [4.78, 5) is 27.1. The Bertz CT molecular complexity index is 784. The normalized spacial score (nSPS) is 12.2. The second-order valence-electron chi connectivity index (χ2n) is 5.74. The number of primary amides is 1. The highest BCUT2D eigenvalue weighted by Crippen LogP contribution is 2.23. The SMILES string of the molecule is Cc1nc(NC(C)c2nncn2C(C)C)c(C(N)=O)cc1C(=O)O. The van der Waals surface area contributed by atoms with E-state index in [1.807, 2.05) is 25.3 Å². The summed E-state index contributed by atoms with van der Waals surface area (Å²) in [5, 5.41) is 20.2. The summed E-state index contributed by atoms with van der Waals surface area (Å²) in [5.41, 5.74) is 5.60. The number of aryl methyl sites for hydroxylation is 1. The minimum atomic E-state index is -1.17. The first-order valence-corrected chi connectivity index (χ1v) is 7.43. The predicted molar refractivity (Wildman–Crippen MR) is 86.9 cm³/mol. The number of carbonyl (C=O) groups is 2. The smallest absolute Gasteiger partial charge is 0.337 e. The van der Waals surface area contributed by atoms with Crippen molar-refractivity contribution in [1.29, 1.82) is 0 Å². The van der Waals surface area contributed by atoms with Crippen molar-refractivity contribution in [2.24, 2.45) is 5.73 Å². The Kier molecular flexibility index (Phi) is 4.82. The monoisotopic (exact) mass is 332 g/mol. The number of aromatic nitrogens is 4. The fourth-order valence-corrected chi connectivity index (χ4v) is 2.35. The number of hydrogen-bond donors (Lipinski definition) is 3. The highest BCUT2D eigenvalue weighted by Gasteiger charge is 2.21. The zero-order chi connectivity index (χ0) is 18.0. The third-order valence-corrected chi connectivity index (χ3v) is 3.61. The maximum Gasteiger partial charge on any atom is 0.337 e. The van der Waals surface area contributed by atoms with Gasteiger partial charge in [-0.2, -0.15) is 0 Å². The highest BCUT2D eigenvalue weighted by molar-refractivity contribution is 6.00. The van der Waals surface area contributed by atoms with Crippen LogP contribution in [-0.2, 0) is 0 Å². The first-order chi connectivity index (χ1) is 11.2. The number of nitrogens with zero attached hydrogens (tertiary/aromatic N) is 4. The first kappa shape index (κ1) is 17.4. The lowest BCUT2D eigenvalue weighted by Gasteiger charge is -2.19. The van der Waals surface area contributed by atoms with E-state index in [-0.39, 0.29) is 34.7 Å². The Hall–Kier alpha value is -2.97. The summed E-state index contributed by atoms with van der Waals surface area (Å²) < 4.78 is 1.89. The van der Waals surface area contributed by atoms with Gasteiger partial charge in [0.2, 0.25) is 0 Å². The van der Waals surface area contributed by atoms with Crippen molar-refractivity contribution in [3.8, 4) is 0 Å². The largest absolute Gasteiger partial charge is 0.478 e. The molecule has 1 amide bonds. The topological polar surface area (TPSA) is 136 Å². The van der Waals surface area contributed by atoms with Gasteiger partial charge in [-0.3, -0.25) is 4.79 Å². The Morgan fingerprint density at radius 2 is 1.96 bits per heavy atom. The van der Waals surface area contributed by atoms with Crippen LogP contribution in [0.3, 0.4) is 0 Å². The molecule has 24 heavy (non-hydrogen) atoms. The summed E-state index contributed by atoms with van der Waals surface area (Å²) in [7, 11) is 0. The van der Waals surface area contributed by atoms with Crippen molar-refractivity contribution in [2.45, 2.75) is 39.8 Å². The van der Waals surface area contributed by atoms with Crippen LogP contribution in [0.4, 0.5) is 5.82 Å². The number of nitrogens with one attached hydrogen (secondary N) is 1. The molecule has 2 aromatic rings. The molecule has 2 aromatic heterocycles. The van der Waals surface area contributed by atoms with Crippen LogP contribution >= 0.6 is 0 Å². The minimum absolute atomic E-state index is 0.0143. The van der Waals surface area contributed by atoms with Gasteiger partial charge < -0.3 is 20.7 Å². The Morgan fingerprint density at radius 3 is 2.50 bits per heavy atom. The van der Waals surface area contributed by atoms with Crippen LogP contribution in [0, 0.1) is 6.92 Å². The maximum absolute atomic E-state index is 11.7. The first-order valence-electron chi connectivity index (χ1n) is 7.43. The molecule has 0 radical (unpaired) electrons. The average molecular weight is 332 g/mol. The Labute approximate surface area is 138 Å². The van der Waals surface area contributed by atoms with Crippen LogP contribution in [0.2, 0.25) is 0 Å². The molecule has 0 aliphatic heterocycles. The predicted octanol–water partition coefficient (Wildman–Crippen LogP) is 1.53. The standard InChI is InChI=1S/C15H20N6O3/c1-7(2)21-6-17-20-14(21)9(4)19-13-11(12(16)22)5-10(15(23)24)8(3)18-13/h5-7,9H,1-4H3,(H2,16,22)(H,18,19)(H,23,24). The number of carbonyl (C=O) groups excluding carboxylic acids is 1. The Morgan fingerprint density at radius 1 is 1.29 bits per heavy atom. The zero-order valence-corrected chi connectivity index (χ0v) is 13.9. The molecule has 1 unspecified atom stereocenters. The second-order valence-corrected chi connectivity index (χ2v) is 5.74. The number of anilines is 1. The number of aromatic carboxylic acids is 1. The van der Waals surface area contributed by atoms with Crippen LogP contribution in [0.25, 0.3) is 0 Å². The van der Waals surface area contributed by atoms with Crippen molar-refractivity contribution in [1.82, 2.24) is 19.7 Å². The number of carboxylic acids is 1. The van der Waals surface area contributed by atoms with E-state index in [0.717, 1.165) is 0 Å². The molecule has 128 valence electrons. The van der Waals surface area contributed by atoms with E-state index >= 15 is 0 Å². The van der Waals surface area contributed by atoms with Crippen molar-refractivity contribution in [3.63, 3.8) is 0 Å². The van der Waals surface area contributed by atoms with Gasteiger partial charge in [-0.25, -0.2) is 9.78 Å². The van der Waals surface area contributed by atoms with Crippen molar-refractivity contribution < 1.29 is 14.7 Å². The van der Waals surface area contributed by atoms with E-state index in [1.165, 1.54) is 6.07 Å². The summed E-state index contributed by atoms with van der Waals surface area (Å²) in [6, 6.07) is 1.09. The lowest BCUT2D eigenvalue weighted by atomic mass is 10.1. The Balaban J connectivity index is 2.41. The van der Waals surface area contributed by atoms with Crippen LogP contribution < -0.4 is 11.1 Å². The molecular formula is C15H20N6O3. The van der Waals surface area contributed by atoms with E-state index in [2.05, 4.69) is 20.5 Å². The molecule has 0 fully saturated rings. The van der Waals surface area contributed by atoms with Crippen LogP contribution in [0.5, 0.6) is 0 Å². The van der Waals surface area contributed by atoms with Crippen molar-refractivity contribution in [3.05, 3.63) is 35.0 Å². The summed E-state index contributed by atoms with van der Waals surface area (Å²) in [5.74, 6) is -1.04. The highest BCUT2D eigenvalue weighted by atomic mass is 16.4. The van der Waals surface area contributed by atoms with E-state index in [1.54, 1.807) is 13.3 Å². The number of amides is 1. The summed E-state index contributed by atoms with van der Waals surface area (Å²) >= 11 is 0. The number of hydrogen-bond acceptors (Lipinski definition) is 6. The third kappa shape index (κ3) is 3.34. The van der Waals surface area contributed by atoms with Gasteiger partial charge in [-0.05, 0) is 33.8 Å². The van der Waals surface area contributed by atoms with Gasteiger partial charge in [-0.1, -0.05) is 0 Å². The van der Waals surface area contributed by atoms with Gasteiger partial charge in [0.15, 0.2) is 5.82 Å². The summed E-state index contributed by atoms with van der Waals surface area (Å²) in [6.45, 7) is 7.40. The molecule has 0 aliphatic rings. The molecule has 2 rings (SSSR count). The molecular weight excluding hydrogens is 312 g/mol. The third-order valence-electron chi connectivity index (χ3n) is 3.61. The van der Waals surface area contributed by atoms with Crippen LogP contribution in [-0.4, -0.2) is 36.7 Å². The lowest BCUT2D eigenvalue weighted by Crippen LogP contribution is -2.21. The molecule has 2 heterocycles. The molecule has 9 nitrogen and oxygen atoms in total. The van der Waals surface area contributed by atoms with E-state index in [9.17, 15) is 9.59 Å². The van der Waals surface area contributed by atoms with Gasteiger partial charge in [0.1, 0.15) is 12.1 Å². The molecule has 0 spiro atoms. The van der Waals surface area contributed by atoms with Crippen LogP contribution in [0.15, 0.2) is 12.4 Å². The summed E-state index contributed by atoms with van der Waals surface area (Å²) in [6.07, 6.45) is 1.62. The van der Waals surface area contributed by atoms with E-state index in [4.69, 9.17) is 10.8 Å². The molecule has 0 aromatic carbocycles. The van der Waals surface area contributed by atoms with Crippen LogP contribution in [0.1, 0.15) is 65.1 Å². The fraction of sp³-hybridized carbons (Fsp3) is 0.400. The van der Waals surface area contributed by atoms with Gasteiger partial charge in [0.25, 0.3) is 5.91 Å². The maximum atomic E-state index is 11.7. The fourth-order valence-electron chi connectivity index (χ4n) is 2.35. The average Bonchev–Trinajstić information content (AvgIpc) is 2.96. The number of carboxylic acid groups (broad SMARTS) is 1. The molecule has 0 bridgehead atoms. The molecule has 4 N–H and O–H groups in total. The molecule has 0 aliphatic carbocycles. The van der Waals surface area contributed by atoms with Crippen molar-refractivity contribution in [2.75, 3.05) is 5.32 Å². The second kappa shape index (κ2) is 6.65. The molecule has 0 saturated heterocycles. The van der Waals surface area contributed by atoms with Gasteiger partial charge in [0, 0.05) is 6.04 Å². The number of nitrogens with two attached hydrogens (primary N) is 1. The van der Waals surface area contributed by atoms with Crippen molar-refractivity contribution >= 4 is 17.7 Å². The van der Waals surface area contributed by atoms with E-state index in [0.29, 0.717) is 5.82 Å². The quantitative estimate of drug-likeness (QED) is 0.729. The zero-order valence-electron chi connectivity index (χ0n) is 13.9. The molecule has 9 heteroatoms. The number of pyridine rings is 1. The van der Waals surface area contributed by atoms with Gasteiger partial charge in [-0.15, -0.1) is 10.2 Å². The minimum Gasteiger partial charge on any atom is -0.478 e. The van der Waals surface area contributed by atoms with Gasteiger partial charge in [0.05, 0.1) is 22.9 Å². The number of rotatable bonds is 6. The molecule has 0 saturated carbocycles. The van der Waals surface area contributed by atoms with E-state index < -0.39 is 11.9 Å². The molecule has 1 atom stereocenters. The van der Waals surface area contributed by atoms with Gasteiger partial charge >= 0.3 is 5.97 Å². The lowest BCUT2D eigenvalue weighted by molar-refractivity contribution is 0.0695.